The molecule has 1 aromatic heterocycles. The number of rotatable bonds is 3. The van der Waals surface area contributed by atoms with Gasteiger partial charge in [-0.05, 0) is 17.2 Å². The molecule has 1 aliphatic heterocycles. The van der Waals surface area contributed by atoms with Crippen LogP contribution in [0.3, 0.4) is 0 Å². The molecule has 5 heteroatoms. The number of nitrogens with one attached hydrogen (secondary N) is 3. The van der Waals surface area contributed by atoms with Crippen molar-refractivity contribution in [1.82, 2.24) is 20.8 Å². The van der Waals surface area contributed by atoms with Crippen LogP contribution >= 0.6 is 0 Å². The average Bonchev–Trinajstić information content (AvgIpc) is 3.10. The second kappa shape index (κ2) is 4.91. The van der Waals surface area contributed by atoms with E-state index < -0.39 is 0 Å². The predicted molar refractivity (Wildman–Crippen MR) is 71.2 cm³/mol. The Kier molecular flexibility index (Phi) is 2.96. The number of nitrogens with zero attached hydrogens (tertiary/aromatic N) is 2. The van der Waals surface area contributed by atoms with Gasteiger partial charge in [-0.25, -0.2) is 0 Å². The maximum atomic E-state index is 4.29. The molecule has 0 radical (unpaired) electrons. The molecule has 1 aliphatic rings. The summed E-state index contributed by atoms with van der Waals surface area (Å²) in [6, 6.07) is 10.4. The summed E-state index contributed by atoms with van der Waals surface area (Å²) in [6.07, 6.45) is 1.76. The standard InChI is InChI=1S/C13H15N5/c1-3-11(12-5-6-17-18-12)4-2-10(1)9-16-13-14-7-8-15-13/h1-6H,7-9H2,(H,17,18)(H2,14,15,16). The van der Waals surface area contributed by atoms with Gasteiger partial charge in [0.25, 0.3) is 0 Å². The summed E-state index contributed by atoms with van der Waals surface area (Å²) in [5, 5.41) is 13.4. The van der Waals surface area contributed by atoms with Gasteiger partial charge in [-0.15, -0.1) is 0 Å². The number of aromatic nitrogens is 2. The fourth-order valence-corrected chi connectivity index (χ4v) is 1.92. The summed E-state index contributed by atoms with van der Waals surface area (Å²) in [6.45, 7) is 2.58. The first-order valence-electron chi connectivity index (χ1n) is 6.03. The largest absolute Gasteiger partial charge is 0.355 e. The van der Waals surface area contributed by atoms with E-state index in [1.165, 1.54) is 5.56 Å². The Bertz CT molecular complexity index is 527. The molecule has 5 nitrogen and oxygen atoms in total. The van der Waals surface area contributed by atoms with Crippen molar-refractivity contribution < 1.29 is 0 Å². The van der Waals surface area contributed by atoms with E-state index in [9.17, 15) is 0 Å². The highest BCUT2D eigenvalue weighted by Crippen LogP contribution is 2.16. The summed E-state index contributed by atoms with van der Waals surface area (Å²) in [4.78, 5) is 4.29. The van der Waals surface area contributed by atoms with Gasteiger partial charge >= 0.3 is 0 Å². The Morgan fingerprint density at radius 3 is 2.72 bits per heavy atom. The van der Waals surface area contributed by atoms with E-state index in [1.807, 2.05) is 6.07 Å². The minimum atomic E-state index is 0.787. The third-order valence-corrected chi connectivity index (χ3v) is 2.90. The Morgan fingerprint density at radius 2 is 2.06 bits per heavy atom. The van der Waals surface area contributed by atoms with E-state index in [-0.39, 0.29) is 0 Å². The van der Waals surface area contributed by atoms with Crippen molar-refractivity contribution in [3.63, 3.8) is 0 Å². The minimum Gasteiger partial charge on any atom is -0.355 e. The number of hydrogen-bond acceptors (Lipinski definition) is 4. The number of aromatic amines is 1. The van der Waals surface area contributed by atoms with Crippen LogP contribution in [-0.4, -0.2) is 29.2 Å². The minimum absolute atomic E-state index is 0.787. The van der Waals surface area contributed by atoms with Crippen LogP contribution in [0, 0.1) is 0 Å². The normalized spacial score (nSPS) is 14.1. The van der Waals surface area contributed by atoms with Crippen molar-refractivity contribution in [2.24, 2.45) is 4.99 Å². The molecular formula is C13H15N5. The first-order valence-corrected chi connectivity index (χ1v) is 6.03. The third-order valence-electron chi connectivity index (χ3n) is 2.90. The van der Waals surface area contributed by atoms with E-state index in [4.69, 9.17) is 0 Å². The fraction of sp³-hybridized carbons (Fsp3) is 0.231. The van der Waals surface area contributed by atoms with Crippen LogP contribution < -0.4 is 10.6 Å². The monoisotopic (exact) mass is 241 g/mol. The molecular weight excluding hydrogens is 226 g/mol. The fourth-order valence-electron chi connectivity index (χ4n) is 1.92. The first-order chi connectivity index (χ1) is 8.92. The van der Waals surface area contributed by atoms with E-state index in [0.717, 1.165) is 36.9 Å². The topological polar surface area (TPSA) is 65.1 Å². The van der Waals surface area contributed by atoms with Gasteiger partial charge in [0.2, 0.25) is 0 Å². The van der Waals surface area contributed by atoms with Gasteiger partial charge in [0, 0.05) is 19.3 Å². The highest BCUT2D eigenvalue weighted by molar-refractivity contribution is 5.81. The quantitative estimate of drug-likeness (QED) is 0.754. The lowest BCUT2D eigenvalue weighted by molar-refractivity contribution is 0.867. The molecule has 0 spiro atoms. The molecule has 2 heterocycles. The van der Waals surface area contributed by atoms with Gasteiger partial charge < -0.3 is 10.6 Å². The molecule has 1 aromatic carbocycles. The molecule has 0 bridgehead atoms. The van der Waals surface area contributed by atoms with Gasteiger partial charge in [-0.1, -0.05) is 24.3 Å². The molecule has 0 aliphatic carbocycles. The summed E-state index contributed by atoms with van der Waals surface area (Å²) in [7, 11) is 0. The van der Waals surface area contributed by atoms with Crippen molar-refractivity contribution in [2.75, 3.05) is 13.1 Å². The van der Waals surface area contributed by atoms with E-state index >= 15 is 0 Å². The summed E-state index contributed by atoms with van der Waals surface area (Å²) >= 11 is 0. The number of guanidine groups is 1. The number of aliphatic imine (C=N–C) groups is 1. The molecule has 0 amide bonds. The highest BCUT2D eigenvalue weighted by atomic mass is 15.2. The molecule has 0 fully saturated rings. The summed E-state index contributed by atoms with van der Waals surface area (Å²) < 4.78 is 0. The van der Waals surface area contributed by atoms with Crippen LogP contribution in [0.4, 0.5) is 0 Å². The van der Waals surface area contributed by atoms with Crippen LogP contribution in [0.2, 0.25) is 0 Å². The van der Waals surface area contributed by atoms with Crippen LogP contribution in [0.25, 0.3) is 11.3 Å². The summed E-state index contributed by atoms with van der Waals surface area (Å²) in [5.74, 6) is 0.896. The maximum Gasteiger partial charge on any atom is 0.191 e. The molecule has 0 saturated carbocycles. The predicted octanol–water partition coefficient (Wildman–Crippen LogP) is 1.13. The molecule has 92 valence electrons. The molecule has 2 aromatic rings. The van der Waals surface area contributed by atoms with E-state index in [0.29, 0.717) is 0 Å². The van der Waals surface area contributed by atoms with Gasteiger partial charge in [-0.3, -0.25) is 10.1 Å². The Balaban J connectivity index is 1.64. The third kappa shape index (κ3) is 2.34. The zero-order valence-electron chi connectivity index (χ0n) is 9.98. The molecule has 18 heavy (non-hydrogen) atoms. The van der Waals surface area contributed by atoms with Gasteiger partial charge in [0.05, 0.1) is 12.2 Å². The molecule has 3 N–H and O–H groups in total. The zero-order valence-corrected chi connectivity index (χ0v) is 9.98. The van der Waals surface area contributed by atoms with Crippen molar-refractivity contribution in [3.8, 4) is 11.3 Å². The number of H-pyrrole nitrogens is 1. The van der Waals surface area contributed by atoms with Gasteiger partial charge in [0.15, 0.2) is 5.96 Å². The number of benzene rings is 1. The molecule has 0 atom stereocenters. The Labute approximate surface area is 105 Å². The van der Waals surface area contributed by atoms with E-state index in [1.54, 1.807) is 6.20 Å². The maximum absolute atomic E-state index is 4.29. The highest BCUT2D eigenvalue weighted by Gasteiger charge is 2.04. The Hall–Kier alpha value is -2.30. The van der Waals surface area contributed by atoms with Gasteiger partial charge in [-0.2, -0.15) is 5.10 Å². The van der Waals surface area contributed by atoms with Crippen molar-refractivity contribution in [2.45, 2.75) is 6.54 Å². The van der Waals surface area contributed by atoms with Crippen LogP contribution in [0.15, 0.2) is 41.5 Å². The molecule has 0 saturated heterocycles. The average molecular weight is 241 g/mol. The van der Waals surface area contributed by atoms with Crippen molar-refractivity contribution in [1.29, 1.82) is 0 Å². The van der Waals surface area contributed by atoms with E-state index in [2.05, 4.69) is 50.1 Å². The van der Waals surface area contributed by atoms with Crippen LogP contribution in [0.1, 0.15) is 5.56 Å². The van der Waals surface area contributed by atoms with Crippen molar-refractivity contribution >= 4 is 5.96 Å². The lowest BCUT2D eigenvalue weighted by Gasteiger charge is -2.07. The molecule has 3 rings (SSSR count). The van der Waals surface area contributed by atoms with Crippen LogP contribution in [0.5, 0.6) is 0 Å². The van der Waals surface area contributed by atoms with Gasteiger partial charge in [0.1, 0.15) is 0 Å². The second-order valence-electron chi connectivity index (χ2n) is 4.18. The lowest BCUT2D eigenvalue weighted by atomic mass is 10.1. The Morgan fingerprint density at radius 1 is 1.17 bits per heavy atom. The summed E-state index contributed by atoms with van der Waals surface area (Å²) in [5.41, 5.74) is 3.42. The SMILES string of the molecule is c1cc(-c2ccc(CNC3=NCCN3)cc2)[nH]n1. The lowest BCUT2D eigenvalue weighted by Crippen LogP contribution is -2.33. The van der Waals surface area contributed by atoms with Crippen molar-refractivity contribution in [3.05, 3.63) is 42.1 Å². The smallest absolute Gasteiger partial charge is 0.191 e. The first kappa shape index (κ1) is 10.8. The zero-order chi connectivity index (χ0) is 12.2. The number of hydrogen-bond donors (Lipinski definition) is 3. The van der Waals surface area contributed by atoms with Crippen LogP contribution in [-0.2, 0) is 6.54 Å². The second-order valence-corrected chi connectivity index (χ2v) is 4.18. The molecule has 0 unspecified atom stereocenters.